The second-order valence-corrected chi connectivity index (χ2v) is 13.7. The molecule has 2 aliphatic heterocycles. The molecule has 0 bridgehead atoms. The lowest BCUT2D eigenvalue weighted by Gasteiger charge is -2.39. The molecule has 2 aliphatic rings. The number of rotatable bonds is 14. The molecule has 1 N–H and O–H groups in total. The molecule has 1 atom stereocenters. The van der Waals surface area contributed by atoms with Crippen molar-refractivity contribution in [3.05, 3.63) is 102 Å². The minimum Gasteiger partial charge on any atom is -0.493 e. The average molecular weight is 696 g/mol. The minimum absolute atomic E-state index is 0.130. The number of benzene rings is 3. The van der Waals surface area contributed by atoms with Crippen molar-refractivity contribution in [2.45, 2.75) is 51.2 Å². The molecule has 1 amide bonds. The van der Waals surface area contributed by atoms with Crippen LogP contribution in [-0.4, -0.2) is 79.2 Å². The van der Waals surface area contributed by atoms with Crippen LogP contribution in [0.5, 0.6) is 17.2 Å². The molecule has 11 heteroatoms. The molecule has 268 valence electrons. The number of carbonyl (C=O) groups excluding carboxylic acids is 1. The van der Waals surface area contributed by atoms with E-state index in [1.54, 1.807) is 27.6 Å². The number of hydrogen-bond acceptors (Lipinski definition) is 8. The van der Waals surface area contributed by atoms with Crippen LogP contribution in [0.4, 0.5) is 10.3 Å². The van der Waals surface area contributed by atoms with Gasteiger partial charge >= 0.3 is 0 Å². The van der Waals surface area contributed by atoms with Crippen LogP contribution in [0.1, 0.15) is 42.6 Å². The minimum atomic E-state index is -0.588. The highest BCUT2D eigenvalue weighted by Gasteiger charge is 2.46. The first-order valence-electron chi connectivity index (χ1n) is 17.7. The average Bonchev–Trinajstić information content (AvgIpc) is 3.91. The maximum atomic E-state index is 14.5. The largest absolute Gasteiger partial charge is 0.493 e. The molecule has 10 nitrogen and oxygen atoms in total. The van der Waals surface area contributed by atoms with E-state index in [4.69, 9.17) is 23.6 Å². The lowest BCUT2D eigenvalue weighted by Crippen LogP contribution is -2.46. The normalized spacial score (nSPS) is 18.4. The van der Waals surface area contributed by atoms with E-state index < -0.39 is 5.41 Å². The van der Waals surface area contributed by atoms with Crippen LogP contribution in [0, 0.1) is 11.2 Å². The summed E-state index contributed by atoms with van der Waals surface area (Å²) < 4.78 is 36.3. The van der Waals surface area contributed by atoms with Crippen molar-refractivity contribution >= 4 is 22.9 Å². The number of ether oxygens (including phenoxy) is 3. The number of amides is 1. The first-order valence-corrected chi connectivity index (χ1v) is 17.7. The van der Waals surface area contributed by atoms with Crippen LogP contribution in [0.3, 0.4) is 0 Å². The van der Waals surface area contributed by atoms with Crippen LogP contribution in [0.25, 0.3) is 11.0 Å². The molecule has 0 spiro atoms. The monoisotopic (exact) mass is 695 g/mol. The smallest absolute Gasteiger partial charge is 0.229 e. The molecule has 0 saturated carbocycles. The number of imidazole rings is 1. The number of fused-ring (bicyclic) bond motifs is 1. The van der Waals surface area contributed by atoms with Crippen molar-refractivity contribution in [1.82, 2.24) is 19.8 Å². The fourth-order valence-electron chi connectivity index (χ4n) is 7.82. The maximum Gasteiger partial charge on any atom is 0.229 e. The number of nitrogens with zero attached hydrogens (tertiary/aromatic N) is 4. The van der Waals surface area contributed by atoms with Gasteiger partial charge in [-0.15, -0.1) is 0 Å². The summed E-state index contributed by atoms with van der Waals surface area (Å²) in [6.45, 7) is 4.33. The number of H-pyrrole nitrogens is 1. The summed E-state index contributed by atoms with van der Waals surface area (Å²) in [5, 5.41) is 0. The van der Waals surface area contributed by atoms with E-state index in [0.29, 0.717) is 43.3 Å². The fraction of sp³-hybridized carbons (Fsp3) is 0.400. The standard InChI is InChI=1S/C40H46FN5O5/c1-48-35-23-29(24-36(49-2)37(35)50-3)26-45-21-17-40(38(45)47,25-28-10-12-30(41)13-11-28)16-20-44-18-14-31(15-19-44)46(27-32-7-6-22-51-32)39-42-33-8-4-5-9-34(33)43-39/h4-13,22-24,31H,14-21,25-27H2,1-3H3,(H,42,43). The van der Waals surface area contributed by atoms with Gasteiger partial charge in [-0.05, 0) is 98.3 Å². The lowest BCUT2D eigenvalue weighted by atomic mass is 9.77. The van der Waals surface area contributed by atoms with Crippen molar-refractivity contribution in [2.24, 2.45) is 5.41 Å². The van der Waals surface area contributed by atoms with Gasteiger partial charge in [-0.1, -0.05) is 24.3 Å². The summed E-state index contributed by atoms with van der Waals surface area (Å²) in [4.78, 5) is 29.7. The topological polar surface area (TPSA) is 96.3 Å². The van der Waals surface area contributed by atoms with E-state index in [1.807, 2.05) is 59.5 Å². The predicted octanol–water partition coefficient (Wildman–Crippen LogP) is 6.84. The third-order valence-electron chi connectivity index (χ3n) is 10.6. The number of nitrogens with one attached hydrogen (secondary N) is 1. The summed E-state index contributed by atoms with van der Waals surface area (Å²) in [5.41, 5.74) is 3.25. The Kier molecular flexibility index (Phi) is 10.2. The number of aromatic nitrogens is 2. The Morgan fingerprint density at radius 2 is 1.69 bits per heavy atom. The summed E-state index contributed by atoms with van der Waals surface area (Å²) in [7, 11) is 4.76. The van der Waals surface area contributed by atoms with Crippen LogP contribution in [0.2, 0.25) is 0 Å². The molecule has 0 radical (unpaired) electrons. The van der Waals surface area contributed by atoms with Crippen LogP contribution < -0.4 is 19.1 Å². The molecule has 4 heterocycles. The van der Waals surface area contributed by atoms with Gasteiger partial charge in [-0.25, -0.2) is 9.37 Å². The quantitative estimate of drug-likeness (QED) is 0.135. The Labute approximate surface area is 298 Å². The summed E-state index contributed by atoms with van der Waals surface area (Å²) >= 11 is 0. The first-order chi connectivity index (χ1) is 24.9. The first kappa shape index (κ1) is 34.4. The molecule has 2 aromatic heterocycles. The Balaban J connectivity index is 1.05. The summed E-state index contributed by atoms with van der Waals surface area (Å²) in [6.07, 6.45) is 5.66. The zero-order chi connectivity index (χ0) is 35.4. The van der Waals surface area contributed by atoms with Crippen molar-refractivity contribution in [3.8, 4) is 17.2 Å². The summed E-state index contributed by atoms with van der Waals surface area (Å²) in [5.74, 6) is 3.24. The zero-order valence-electron chi connectivity index (χ0n) is 29.6. The lowest BCUT2D eigenvalue weighted by molar-refractivity contribution is -0.137. The van der Waals surface area contributed by atoms with Crippen LogP contribution >= 0.6 is 0 Å². The fourth-order valence-corrected chi connectivity index (χ4v) is 7.82. The highest BCUT2D eigenvalue weighted by molar-refractivity contribution is 5.85. The van der Waals surface area contributed by atoms with Crippen molar-refractivity contribution in [2.75, 3.05) is 52.4 Å². The second kappa shape index (κ2) is 15.1. The van der Waals surface area contributed by atoms with E-state index in [9.17, 15) is 9.18 Å². The van der Waals surface area contributed by atoms with Gasteiger partial charge in [0.25, 0.3) is 0 Å². The van der Waals surface area contributed by atoms with Gasteiger partial charge in [0.2, 0.25) is 17.6 Å². The number of hydrogen-bond donors (Lipinski definition) is 1. The van der Waals surface area contributed by atoms with Crippen molar-refractivity contribution in [1.29, 1.82) is 0 Å². The molecule has 2 saturated heterocycles. The highest BCUT2D eigenvalue weighted by atomic mass is 19.1. The molecule has 7 rings (SSSR count). The number of piperidine rings is 1. The third kappa shape index (κ3) is 7.39. The Hall–Kier alpha value is -5.03. The number of anilines is 1. The predicted molar refractivity (Wildman–Crippen MR) is 194 cm³/mol. The van der Waals surface area contributed by atoms with Gasteiger partial charge in [0.15, 0.2) is 11.5 Å². The van der Waals surface area contributed by atoms with Gasteiger partial charge in [-0.2, -0.15) is 0 Å². The number of methoxy groups -OCH3 is 3. The zero-order valence-corrected chi connectivity index (χ0v) is 29.6. The van der Waals surface area contributed by atoms with Crippen molar-refractivity contribution < 1.29 is 27.8 Å². The van der Waals surface area contributed by atoms with Gasteiger partial charge in [0.1, 0.15) is 11.6 Å². The van der Waals surface area contributed by atoms with Crippen molar-refractivity contribution in [3.63, 3.8) is 0 Å². The number of carbonyl (C=O) groups is 1. The van der Waals surface area contributed by atoms with Gasteiger partial charge < -0.3 is 38.3 Å². The third-order valence-corrected chi connectivity index (χ3v) is 10.6. The van der Waals surface area contributed by atoms with Crippen LogP contribution in [0.15, 0.2) is 83.5 Å². The molecular formula is C40H46FN5O5. The van der Waals surface area contributed by atoms with Gasteiger partial charge in [-0.3, -0.25) is 4.79 Å². The molecule has 2 fully saturated rings. The molecule has 5 aromatic rings. The van der Waals surface area contributed by atoms with Gasteiger partial charge in [0.05, 0.1) is 50.6 Å². The Morgan fingerprint density at radius 3 is 2.35 bits per heavy atom. The van der Waals surface area contributed by atoms with E-state index in [0.717, 1.165) is 79.2 Å². The molecule has 3 aromatic carbocycles. The van der Waals surface area contributed by atoms with Crippen LogP contribution in [-0.2, 0) is 24.3 Å². The van der Waals surface area contributed by atoms with E-state index in [2.05, 4.69) is 20.9 Å². The Bertz CT molecular complexity index is 1860. The molecule has 51 heavy (non-hydrogen) atoms. The van der Waals surface area contributed by atoms with Gasteiger partial charge in [0, 0.05) is 32.2 Å². The molecule has 1 unspecified atom stereocenters. The van der Waals surface area contributed by atoms with E-state index in [-0.39, 0.29) is 17.8 Å². The van der Waals surface area contributed by atoms with E-state index >= 15 is 0 Å². The second-order valence-electron chi connectivity index (χ2n) is 13.7. The Morgan fingerprint density at radius 1 is 0.941 bits per heavy atom. The SMILES string of the molecule is COc1cc(CN2CCC(CCN3CCC(N(Cc4ccco4)c4nc5ccccc5[nH]4)CC3)(Cc3ccc(F)cc3)C2=O)cc(OC)c1OC. The molecule has 0 aliphatic carbocycles. The maximum absolute atomic E-state index is 14.5. The van der Waals surface area contributed by atoms with E-state index in [1.165, 1.54) is 12.1 Å². The molecular weight excluding hydrogens is 649 g/mol. The summed E-state index contributed by atoms with van der Waals surface area (Å²) in [6, 6.07) is 22.7. The number of halogens is 1. The number of para-hydroxylation sites is 2. The number of aromatic amines is 1. The number of likely N-dealkylation sites (tertiary alicyclic amines) is 2. The number of furan rings is 1. The highest BCUT2D eigenvalue weighted by Crippen LogP contribution is 2.42.